The number of amides is 2. The number of nitrogens with one attached hydrogen (secondary N) is 2. The van der Waals surface area contributed by atoms with E-state index in [1.807, 2.05) is 0 Å². The van der Waals surface area contributed by atoms with Crippen LogP contribution in [0.3, 0.4) is 0 Å². The largest absolute Gasteiger partial charge is 0.480 e. The number of nitro benzene ring substituents is 1. The van der Waals surface area contributed by atoms with Crippen LogP contribution in [0.2, 0.25) is 5.02 Å². The molecule has 66 heavy (non-hydrogen) atoms. The van der Waals surface area contributed by atoms with Crippen molar-refractivity contribution in [3.63, 3.8) is 0 Å². The average molecular weight is 977 g/mol. The van der Waals surface area contributed by atoms with Crippen molar-refractivity contribution in [2.75, 3.05) is 24.8 Å². The molecule has 4 aromatic rings. The summed E-state index contributed by atoms with van der Waals surface area (Å²) in [7, 11) is -3.10. The summed E-state index contributed by atoms with van der Waals surface area (Å²) in [4.78, 5) is 79.9. The Morgan fingerprint density at radius 1 is 1.02 bits per heavy atom. The van der Waals surface area contributed by atoms with E-state index >= 15 is 0 Å². The second kappa shape index (κ2) is 24.8. The molecule has 0 bridgehead atoms. The van der Waals surface area contributed by atoms with Gasteiger partial charge >= 0.3 is 36.1 Å². The number of anilines is 1. The molecule has 1 aromatic heterocycles. The average Bonchev–Trinajstić information content (AvgIpc) is 3.22. The zero-order chi connectivity index (χ0) is 50.1. The third-order valence-electron chi connectivity index (χ3n) is 7.77. The number of nitrogens with two attached hydrogens (primary N) is 1. The summed E-state index contributed by atoms with van der Waals surface area (Å²) in [6.45, 7) is 5.45. The maximum atomic E-state index is 13.0. The number of aromatic nitrogens is 1. The molecular weight excluding hydrogens is 938 g/mol. The van der Waals surface area contributed by atoms with Gasteiger partial charge in [0, 0.05) is 42.9 Å². The number of aromatic carboxylic acids is 1. The molecule has 27 heteroatoms. The van der Waals surface area contributed by atoms with E-state index in [4.69, 9.17) is 46.7 Å². The number of pyridine rings is 1. The number of hydrazone groups is 1. The minimum atomic E-state index is -4.61. The van der Waals surface area contributed by atoms with Crippen LogP contribution in [-0.4, -0.2) is 92.2 Å². The molecule has 0 aliphatic rings. The molecule has 3 unspecified atom stereocenters. The Morgan fingerprint density at radius 2 is 1.65 bits per heavy atom. The second-order valence-electron chi connectivity index (χ2n) is 13.1. The number of hydrogen-bond donors (Lipinski definition) is 6. The molecule has 0 fully saturated rings. The zero-order valence-corrected chi connectivity index (χ0v) is 36.3. The number of nitro groups is 1. The van der Waals surface area contributed by atoms with Gasteiger partial charge in [0.1, 0.15) is 40.4 Å². The predicted molar refractivity (Wildman–Crippen MR) is 224 cm³/mol. The lowest BCUT2D eigenvalue weighted by Gasteiger charge is -2.13. The number of nitrogens with zero attached hydrogens (tertiary/aromatic N) is 3. The molecule has 3 atom stereocenters. The normalized spacial score (nSPS) is 12.8. The SMILES string of the molecule is C/C(=N\NC(=O)Nc1cc(F)cc(F)c1)c1ncccc1C(=O)O.CCOC(=O)C(C)OC(=O)c1cc(Oc2ccc(C(F)(F)F)cc2Cl)ccc1[N+](=O)[O-].CP(=O)(O)CCC(N)C(=O)O. The first-order chi connectivity index (χ1) is 30.6. The summed E-state index contributed by atoms with van der Waals surface area (Å²) >= 11 is 5.83. The van der Waals surface area contributed by atoms with Crippen LogP contribution >= 0.6 is 19.0 Å². The molecule has 3 aromatic carbocycles. The number of rotatable bonds is 15. The number of carbonyl (C=O) groups excluding carboxylic acids is 3. The van der Waals surface area contributed by atoms with Crippen LogP contribution in [0, 0.1) is 21.7 Å². The van der Waals surface area contributed by atoms with Gasteiger partial charge in [-0.3, -0.25) is 24.5 Å². The van der Waals surface area contributed by atoms with Gasteiger partial charge in [0.2, 0.25) is 0 Å². The number of halogens is 6. The molecule has 0 spiro atoms. The van der Waals surface area contributed by atoms with Gasteiger partial charge in [-0.1, -0.05) is 11.6 Å². The van der Waals surface area contributed by atoms with Crippen LogP contribution in [0.1, 0.15) is 59.2 Å². The molecule has 0 saturated heterocycles. The third-order valence-corrected chi connectivity index (χ3v) is 9.16. The summed E-state index contributed by atoms with van der Waals surface area (Å²) < 4.78 is 89.9. The van der Waals surface area contributed by atoms with Gasteiger partial charge in [-0.15, -0.1) is 0 Å². The van der Waals surface area contributed by atoms with Crippen molar-refractivity contribution in [3.8, 4) is 11.5 Å². The van der Waals surface area contributed by atoms with Gasteiger partial charge in [0.25, 0.3) is 5.69 Å². The number of carbonyl (C=O) groups is 5. The van der Waals surface area contributed by atoms with E-state index in [2.05, 4.69) is 20.8 Å². The number of aliphatic carboxylic acids is 1. The highest BCUT2D eigenvalue weighted by atomic mass is 35.5. The number of urea groups is 1. The molecule has 356 valence electrons. The van der Waals surface area contributed by atoms with E-state index < -0.39 is 89.0 Å². The topological polar surface area (TPSA) is 309 Å². The van der Waals surface area contributed by atoms with Crippen molar-refractivity contribution in [2.45, 2.75) is 45.5 Å². The van der Waals surface area contributed by atoms with Crippen LogP contribution in [0.25, 0.3) is 0 Å². The van der Waals surface area contributed by atoms with E-state index in [-0.39, 0.29) is 58.4 Å². The second-order valence-corrected chi connectivity index (χ2v) is 16.1. The van der Waals surface area contributed by atoms with Crippen LogP contribution < -0.4 is 21.2 Å². The van der Waals surface area contributed by atoms with Gasteiger partial charge in [0.05, 0.1) is 33.4 Å². The molecule has 2 amide bonds. The highest BCUT2D eigenvalue weighted by Crippen LogP contribution is 2.38. The summed E-state index contributed by atoms with van der Waals surface area (Å²) in [6.07, 6.45) is -4.56. The van der Waals surface area contributed by atoms with Crippen molar-refractivity contribution < 1.29 is 84.7 Å². The minimum Gasteiger partial charge on any atom is -0.480 e. The molecular formula is C39H39ClF5N6O14P. The van der Waals surface area contributed by atoms with Crippen LogP contribution in [0.15, 0.2) is 78.0 Å². The minimum absolute atomic E-state index is 0.0398. The van der Waals surface area contributed by atoms with Crippen LogP contribution in [-0.2, 0) is 29.8 Å². The molecule has 0 aliphatic heterocycles. The van der Waals surface area contributed by atoms with Gasteiger partial charge < -0.3 is 40.4 Å². The fourth-order valence-electron chi connectivity index (χ4n) is 4.66. The van der Waals surface area contributed by atoms with Crippen molar-refractivity contribution in [3.05, 3.63) is 122 Å². The van der Waals surface area contributed by atoms with E-state index in [9.17, 15) is 60.6 Å². The summed E-state index contributed by atoms with van der Waals surface area (Å²) in [6, 6.07) is 8.82. The summed E-state index contributed by atoms with van der Waals surface area (Å²) in [5, 5.41) is 34.1. The maximum Gasteiger partial charge on any atom is 0.416 e. The fourth-order valence-corrected chi connectivity index (χ4v) is 5.64. The Morgan fingerprint density at radius 3 is 2.18 bits per heavy atom. The van der Waals surface area contributed by atoms with Crippen molar-refractivity contribution in [1.29, 1.82) is 0 Å². The fraction of sp³-hybridized carbons (Fsp3) is 0.256. The predicted octanol–water partition coefficient (Wildman–Crippen LogP) is 7.46. The number of ether oxygens (including phenoxy) is 3. The molecule has 0 saturated carbocycles. The van der Waals surface area contributed by atoms with Gasteiger partial charge in [-0.05, 0) is 75.7 Å². The van der Waals surface area contributed by atoms with Crippen LogP contribution in [0.4, 0.5) is 38.1 Å². The lowest BCUT2D eigenvalue weighted by atomic mass is 10.1. The number of alkyl halides is 3. The van der Waals surface area contributed by atoms with Crippen molar-refractivity contribution >= 4 is 66.0 Å². The Kier molecular flexibility index (Phi) is 20.7. The van der Waals surface area contributed by atoms with E-state index in [1.165, 1.54) is 38.8 Å². The van der Waals surface area contributed by atoms with Crippen molar-refractivity contribution in [1.82, 2.24) is 10.4 Å². The monoisotopic (exact) mass is 976 g/mol. The Hall–Kier alpha value is -7.08. The standard InChI is InChI=1S/C19H15ClF3NO7.C15H12F2N4O3.C5H12NO4P/c1-3-29-17(25)10(2)30-18(26)13-9-12(5-6-15(13)24(27)28)31-16-7-4-11(8-14(16)20)19(21,22)23;1-8(13-12(14(22)23)3-2-4-18-13)20-21-15(24)19-11-6-9(16)5-10(17)7-11;1-11(9,10)3-2-4(6)5(7)8/h4-10H,3H2,1-2H3;2-7H,1H3,(H,22,23)(H2,19,21,24);4H,2-3,6H2,1H3,(H,7,8)(H,9,10)/b;20-8+;. The van der Waals surface area contributed by atoms with E-state index in [0.717, 1.165) is 42.5 Å². The number of carboxylic acid groups (broad SMARTS) is 2. The highest BCUT2D eigenvalue weighted by molar-refractivity contribution is 7.57. The number of benzene rings is 3. The van der Waals surface area contributed by atoms with E-state index in [0.29, 0.717) is 12.1 Å². The third kappa shape index (κ3) is 18.6. The first-order valence-corrected chi connectivity index (χ1v) is 21.0. The van der Waals surface area contributed by atoms with Gasteiger partial charge in [-0.2, -0.15) is 18.3 Å². The maximum absolute atomic E-state index is 13.0. The highest BCUT2D eigenvalue weighted by Gasteiger charge is 2.31. The molecule has 4 rings (SSSR count). The van der Waals surface area contributed by atoms with Crippen molar-refractivity contribution in [2.24, 2.45) is 10.8 Å². The van der Waals surface area contributed by atoms with Crippen LogP contribution in [0.5, 0.6) is 11.5 Å². The molecule has 7 N–H and O–H groups in total. The van der Waals surface area contributed by atoms with E-state index in [1.54, 1.807) is 6.92 Å². The molecule has 1 heterocycles. The smallest absolute Gasteiger partial charge is 0.416 e. The quantitative estimate of drug-likeness (QED) is 0.0168. The number of hydrogen-bond acceptors (Lipinski definition) is 14. The molecule has 0 aliphatic carbocycles. The lowest BCUT2D eigenvalue weighted by Crippen LogP contribution is -2.30. The molecule has 20 nitrogen and oxygen atoms in total. The lowest BCUT2D eigenvalue weighted by molar-refractivity contribution is -0.385. The summed E-state index contributed by atoms with van der Waals surface area (Å²) in [5.41, 5.74) is 5.08. The zero-order valence-electron chi connectivity index (χ0n) is 34.7. The number of esters is 2. The first-order valence-electron chi connectivity index (χ1n) is 18.4. The Labute approximate surface area is 375 Å². The Bertz CT molecular complexity index is 2490. The molecule has 0 radical (unpaired) electrons. The van der Waals surface area contributed by atoms with Gasteiger partial charge in [-0.25, -0.2) is 33.4 Å². The Balaban J connectivity index is 0.000000378. The summed E-state index contributed by atoms with van der Waals surface area (Å²) in [5.74, 6) is -6.37. The van der Waals surface area contributed by atoms with Gasteiger partial charge in [0.15, 0.2) is 13.5 Å². The first kappa shape index (κ1) is 55.1. The number of carboxylic acids is 2.